The number of carbonyl (C=O) groups is 1. The summed E-state index contributed by atoms with van der Waals surface area (Å²) in [6.45, 7) is 0. The number of carboxylic acid groups (broad SMARTS) is 1. The summed E-state index contributed by atoms with van der Waals surface area (Å²) < 4.78 is 0. The Morgan fingerprint density at radius 3 is 2.76 bits per heavy atom. The lowest BCUT2D eigenvalue weighted by Gasteiger charge is -2.08. The highest BCUT2D eigenvalue weighted by Crippen LogP contribution is 2.24. The van der Waals surface area contributed by atoms with Crippen molar-refractivity contribution in [2.45, 2.75) is 18.6 Å². The van der Waals surface area contributed by atoms with Crippen molar-refractivity contribution in [1.82, 2.24) is 0 Å². The van der Waals surface area contributed by atoms with E-state index in [9.17, 15) is 4.79 Å². The lowest BCUT2D eigenvalue weighted by molar-refractivity contribution is -0.138. The molecule has 88 valence electrons. The summed E-state index contributed by atoms with van der Waals surface area (Å²) in [5.41, 5.74) is 7.12. The predicted octanol–water partition coefficient (Wildman–Crippen LogP) is 1.47. The molecule has 0 aromatic heterocycles. The summed E-state index contributed by atoms with van der Waals surface area (Å²) in [5.74, 6) is -1.02. The second-order valence-electron chi connectivity index (χ2n) is 3.68. The van der Waals surface area contributed by atoms with Crippen LogP contribution >= 0.6 is 0 Å². The maximum absolute atomic E-state index is 10.7. The van der Waals surface area contributed by atoms with Gasteiger partial charge in [0.1, 0.15) is 6.04 Å². The molecule has 0 saturated heterocycles. The van der Waals surface area contributed by atoms with Gasteiger partial charge < -0.3 is 10.8 Å². The minimum atomic E-state index is -1.02. The van der Waals surface area contributed by atoms with Crippen molar-refractivity contribution in [3.05, 3.63) is 35.4 Å². The number of nitrogens with two attached hydrogens (primary N) is 1. The van der Waals surface area contributed by atoms with Crippen LogP contribution in [0, 0.1) is 0 Å². The molecule has 7 heteroatoms. The molecule has 0 bridgehead atoms. The zero-order valence-electron chi connectivity index (χ0n) is 8.89. The summed E-state index contributed by atoms with van der Waals surface area (Å²) in [4.78, 5) is 10.7. The van der Waals surface area contributed by atoms with Crippen molar-refractivity contribution < 1.29 is 9.90 Å². The average Bonchev–Trinajstić information content (AvgIpc) is 2.82. The molecule has 17 heavy (non-hydrogen) atoms. The number of nitrogens with zero attached hydrogens (tertiary/aromatic N) is 4. The Hall–Kier alpha value is -2.15. The van der Waals surface area contributed by atoms with Gasteiger partial charge in [-0.2, -0.15) is 0 Å². The molecule has 0 unspecified atom stereocenters. The number of rotatable bonds is 4. The Kier molecular flexibility index (Phi) is 3.20. The highest BCUT2D eigenvalue weighted by molar-refractivity contribution is 5.73. The first kappa shape index (κ1) is 11.3. The Morgan fingerprint density at radius 2 is 2.12 bits per heavy atom. The Balaban J connectivity index is 2.14. The fourth-order valence-electron chi connectivity index (χ4n) is 1.52. The average molecular weight is 233 g/mol. The summed E-state index contributed by atoms with van der Waals surface area (Å²) in [5, 5.41) is 23.2. The van der Waals surface area contributed by atoms with Gasteiger partial charge in [-0.05, 0) is 22.4 Å². The van der Waals surface area contributed by atoms with Gasteiger partial charge in [0.05, 0.1) is 0 Å². The van der Waals surface area contributed by atoms with E-state index in [0.717, 1.165) is 11.1 Å². The fourth-order valence-corrected chi connectivity index (χ4v) is 1.52. The smallest absolute Gasteiger partial charge is 0.320 e. The minimum Gasteiger partial charge on any atom is -0.480 e. The molecule has 1 aromatic carbocycles. The van der Waals surface area contributed by atoms with Crippen LogP contribution in [0.15, 0.2) is 44.9 Å². The summed E-state index contributed by atoms with van der Waals surface area (Å²) in [6.07, 6.45) is -0.152. The third-order valence-corrected chi connectivity index (χ3v) is 2.38. The van der Waals surface area contributed by atoms with Crippen molar-refractivity contribution in [2.75, 3.05) is 0 Å². The molecule has 2 rings (SSSR count). The van der Waals surface area contributed by atoms with Crippen molar-refractivity contribution in [1.29, 1.82) is 0 Å². The van der Waals surface area contributed by atoms with Crippen LogP contribution in [0.3, 0.4) is 0 Å². The Bertz CT molecular complexity index is 473. The highest BCUT2D eigenvalue weighted by atomic mass is 16.4. The molecule has 1 atom stereocenters. The third-order valence-electron chi connectivity index (χ3n) is 2.38. The molecule has 7 nitrogen and oxygen atoms in total. The lowest BCUT2D eigenvalue weighted by Crippen LogP contribution is -2.32. The highest BCUT2D eigenvalue weighted by Gasteiger charge is 2.15. The second kappa shape index (κ2) is 4.79. The largest absolute Gasteiger partial charge is 0.480 e. The van der Waals surface area contributed by atoms with Crippen LogP contribution in [-0.4, -0.2) is 17.1 Å². The van der Waals surface area contributed by atoms with Crippen LogP contribution in [0.2, 0.25) is 0 Å². The van der Waals surface area contributed by atoms with Gasteiger partial charge in [-0.1, -0.05) is 24.3 Å². The number of aliphatic carboxylic acids is 1. The Labute approximate surface area is 97.0 Å². The molecule has 0 radical (unpaired) electrons. The van der Waals surface area contributed by atoms with Crippen molar-refractivity contribution in [3.8, 4) is 0 Å². The number of hydrogen-bond acceptors (Lipinski definition) is 6. The first-order valence-electron chi connectivity index (χ1n) is 5.04. The zero-order valence-corrected chi connectivity index (χ0v) is 8.89. The predicted molar refractivity (Wildman–Crippen MR) is 58.2 cm³/mol. The van der Waals surface area contributed by atoms with E-state index >= 15 is 0 Å². The number of hydrogen-bond donors (Lipinski definition) is 2. The maximum atomic E-state index is 10.7. The van der Waals surface area contributed by atoms with Crippen molar-refractivity contribution in [2.24, 2.45) is 26.4 Å². The van der Waals surface area contributed by atoms with Gasteiger partial charge in [0.2, 0.25) is 6.17 Å². The minimum absolute atomic E-state index is 0.268. The van der Waals surface area contributed by atoms with Gasteiger partial charge in [0, 0.05) is 5.56 Å². The van der Waals surface area contributed by atoms with Crippen molar-refractivity contribution >= 4 is 5.97 Å². The van der Waals surface area contributed by atoms with Crippen LogP contribution in [0.5, 0.6) is 0 Å². The molecular weight excluding hydrogens is 222 g/mol. The van der Waals surface area contributed by atoms with Gasteiger partial charge in [0.15, 0.2) is 0 Å². The van der Waals surface area contributed by atoms with Gasteiger partial charge in [-0.3, -0.25) is 4.79 Å². The summed E-state index contributed by atoms with van der Waals surface area (Å²) >= 11 is 0. The first-order valence-corrected chi connectivity index (χ1v) is 5.04. The molecule has 1 aliphatic heterocycles. The van der Waals surface area contributed by atoms with E-state index in [1.165, 1.54) is 0 Å². The SMILES string of the molecule is N[C@@H](Cc1cccc(C2N=NN=N2)c1)C(=O)O. The molecular formula is C10H11N5O2. The van der Waals surface area contributed by atoms with Crippen LogP contribution < -0.4 is 5.73 Å². The van der Waals surface area contributed by atoms with E-state index in [2.05, 4.69) is 20.7 Å². The number of carboxylic acids is 1. The molecule has 1 aromatic rings. The molecule has 0 fully saturated rings. The van der Waals surface area contributed by atoms with Crippen LogP contribution in [-0.2, 0) is 11.2 Å². The molecule has 0 aliphatic carbocycles. The van der Waals surface area contributed by atoms with E-state index in [1.807, 2.05) is 24.3 Å². The van der Waals surface area contributed by atoms with Crippen LogP contribution in [0.4, 0.5) is 0 Å². The molecule has 0 amide bonds. The molecule has 0 spiro atoms. The first-order chi connectivity index (χ1) is 8.16. The molecule has 3 N–H and O–H groups in total. The second-order valence-corrected chi connectivity index (χ2v) is 3.68. The molecule has 1 heterocycles. The van der Waals surface area contributed by atoms with Gasteiger partial charge in [-0.25, -0.2) is 0 Å². The van der Waals surface area contributed by atoms with Crippen LogP contribution in [0.1, 0.15) is 17.3 Å². The van der Waals surface area contributed by atoms with E-state index in [-0.39, 0.29) is 6.42 Å². The van der Waals surface area contributed by atoms with E-state index < -0.39 is 18.2 Å². The fraction of sp³-hybridized carbons (Fsp3) is 0.300. The van der Waals surface area contributed by atoms with E-state index in [0.29, 0.717) is 0 Å². The molecule has 1 aliphatic rings. The van der Waals surface area contributed by atoms with Gasteiger partial charge >= 0.3 is 5.97 Å². The summed E-state index contributed by atoms with van der Waals surface area (Å²) in [6, 6.07) is 6.37. The maximum Gasteiger partial charge on any atom is 0.320 e. The molecule has 0 saturated carbocycles. The van der Waals surface area contributed by atoms with Gasteiger partial charge in [-0.15, -0.1) is 10.2 Å². The van der Waals surface area contributed by atoms with Crippen molar-refractivity contribution in [3.63, 3.8) is 0 Å². The van der Waals surface area contributed by atoms with Crippen LogP contribution in [0.25, 0.3) is 0 Å². The van der Waals surface area contributed by atoms with E-state index in [4.69, 9.17) is 10.8 Å². The lowest BCUT2D eigenvalue weighted by atomic mass is 10.0. The Morgan fingerprint density at radius 1 is 1.41 bits per heavy atom. The number of benzene rings is 1. The van der Waals surface area contributed by atoms with E-state index in [1.54, 1.807) is 0 Å². The zero-order chi connectivity index (χ0) is 12.3. The topological polar surface area (TPSA) is 113 Å². The van der Waals surface area contributed by atoms with Gasteiger partial charge in [0.25, 0.3) is 0 Å². The standard InChI is InChI=1S/C10H11N5O2/c11-8(10(16)17)5-6-2-1-3-7(4-6)9-12-14-15-13-9/h1-4,8-9H,5,11H2,(H,16,17)/t8-/m0/s1. The third kappa shape index (κ3) is 2.70. The monoisotopic (exact) mass is 233 g/mol. The normalized spacial score (nSPS) is 16.3. The summed E-state index contributed by atoms with van der Waals surface area (Å²) in [7, 11) is 0. The quantitative estimate of drug-likeness (QED) is 0.820.